The summed E-state index contributed by atoms with van der Waals surface area (Å²) in [6.45, 7) is 1.77. The number of hydrogen-bond acceptors (Lipinski definition) is 6. The molecule has 1 unspecified atom stereocenters. The fourth-order valence-corrected chi connectivity index (χ4v) is 4.19. The van der Waals surface area contributed by atoms with Crippen LogP contribution in [0.5, 0.6) is 11.5 Å². The van der Waals surface area contributed by atoms with Crippen molar-refractivity contribution < 1.29 is 14.3 Å². The van der Waals surface area contributed by atoms with E-state index in [0.29, 0.717) is 30.6 Å². The van der Waals surface area contributed by atoms with Crippen molar-refractivity contribution in [2.45, 2.75) is 19.4 Å². The van der Waals surface area contributed by atoms with Crippen LogP contribution >= 0.6 is 11.3 Å². The lowest BCUT2D eigenvalue weighted by molar-refractivity contribution is -0.120. The van der Waals surface area contributed by atoms with Gasteiger partial charge < -0.3 is 19.4 Å². The van der Waals surface area contributed by atoms with E-state index in [9.17, 15) is 4.79 Å². The molecule has 0 spiro atoms. The number of ether oxygens (including phenoxy) is 2. The topological polar surface area (TPSA) is 78.3 Å². The number of aryl methyl sites for hydroxylation is 1. The molecule has 128 valence electrons. The fourth-order valence-electron chi connectivity index (χ4n) is 3.31. The van der Waals surface area contributed by atoms with E-state index in [-0.39, 0.29) is 11.8 Å². The number of imidazole rings is 1. The highest BCUT2D eigenvalue weighted by molar-refractivity contribution is 7.22. The number of amides is 1. The summed E-state index contributed by atoms with van der Waals surface area (Å²) in [7, 11) is 0. The van der Waals surface area contributed by atoms with Crippen LogP contribution in [0.15, 0.2) is 24.7 Å². The van der Waals surface area contributed by atoms with E-state index in [0.717, 1.165) is 28.8 Å². The minimum absolute atomic E-state index is 0.00988. The molecule has 2 aliphatic heterocycles. The quantitative estimate of drug-likeness (QED) is 0.763. The predicted octanol–water partition coefficient (Wildman–Crippen LogP) is 2.47. The second-order valence-corrected chi connectivity index (χ2v) is 7.28. The maximum Gasteiger partial charge on any atom is 0.231 e. The Morgan fingerprint density at radius 1 is 1.28 bits per heavy atom. The summed E-state index contributed by atoms with van der Waals surface area (Å²) >= 11 is 1.45. The van der Waals surface area contributed by atoms with Crippen molar-refractivity contribution in [1.29, 1.82) is 0 Å². The molecular formula is C17H16N4O3S. The summed E-state index contributed by atoms with van der Waals surface area (Å²) in [5, 5.41) is 3.58. The van der Waals surface area contributed by atoms with E-state index in [1.807, 2.05) is 18.3 Å². The second kappa shape index (κ2) is 5.73. The Morgan fingerprint density at radius 2 is 2.12 bits per heavy atom. The Morgan fingerprint density at radius 3 is 3.00 bits per heavy atom. The van der Waals surface area contributed by atoms with E-state index >= 15 is 0 Å². The third-order valence-electron chi connectivity index (χ3n) is 4.62. The Kier molecular flexibility index (Phi) is 3.37. The monoisotopic (exact) mass is 356 g/mol. The number of anilines is 1. The molecule has 0 saturated heterocycles. The van der Waals surface area contributed by atoms with Gasteiger partial charge in [-0.15, -0.1) is 0 Å². The summed E-state index contributed by atoms with van der Waals surface area (Å²) in [6.07, 6.45) is 5.36. The number of carbonyl (C=O) groups is 1. The van der Waals surface area contributed by atoms with Crippen LogP contribution in [0.1, 0.15) is 12.1 Å². The minimum Gasteiger partial charge on any atom is -0.486 e. The molecule has 2 aliphatic rings. The van der Waals surface area contributed by atoms with Crippen LogP contribution in [0.4, 0.5) is 5.13 Å². The average Bonchev–Trinajstić information content (AvgIpc) is 3.24. The number of fused-ring (bicyclic) bond motifs is 3. The molecule has 5 rings (SSSR count). The van der Waals surface area contributed by atoms with Gasteiger partial charge in [-0.25, -0.2) is 9.97 Å². The van der Waals surface area contributed by atoms with Gasteiger partial charge in [0.05, 0.1) is 22.5 Å². The van der Waals surface area contributed by atoms with Crippen LogP contribution in [-0.4, -0.2) is 33.7 Å². The molecule has 1 atom stereocenters. The van der Waals surface area contributed by atoms with Crippen LogP contribution in [0.3, 0.4) is 0 Å². The zero-order valence-electron chi connectivity index (χ0n) is 13.4. The van der Waals surface area contributed by atoms with Crippen LogP contribution in [-0.2, 0) is 17.8 Å². The highest BCUT2D eigenvalue weighted by Gasteiger charge is 2.25. The van der Waals surface area contributed by atoms with Gasteiger partial charge in [0.1, 0.15) is 13.2 Å². The maximum atomic E-state index is 12.6. The van der Waals surface area contributed by atoms with Crippen molar-refractivity contribution in [1.82, 2.24) is 14.5 Å². The van der Waals surface area contributed by atoms with E-state index in [4.69, 9.17) is 9.47 Å². The summed E-state index contributed by atoms with van der Waals surface area (Å²) in [5.74, 6) is 1.39. The van der Waals surface area contributed by atoms with Gasteiger partial charge in [0.2, 0.25) is 5.91 Å². The Hall–Kier alpha value is -2.61. The van der Waals surface area contributed by atoms with Crippen molar-refractivity contribution in [3.8, 4) is 11.5 Å². The first-order chi connectivity index (χ1) is 12.3. The largest absolute Gasteiger partial charge is 0.486 e. The number of rotatable bonds is 2. The van der Waals surface area contributed by atoms with Gasteiger partial charge in [0.25, 0.3) is 0 Å². The average molecular weight is 356 g/mol. The van der Waals surface area contributed by atoms with Gasteiger partial charge >= 0.3 is 0 Å². The number of nitrogens with one attached hydrogen (secondary N) is 1. The van der Waals surface area contributed by atoms with Crippen LogP contribution < -0.4 is 14.8 Å². The zero-order valence-corrected chi connectivity index (χ0v) is 14.2. The number of benzene rings is 1. The fraction of sp³-hybridized carbons (Fsp3) is 0.353. The molecule has 2 aromatic heterocycles. The van der Waals surface area contributed by atoms with Gasteiger partial charge in [-0.1, -0.05) is 11.3 Å². The normalized spacial score (nSPS) is 18.8. The van der Waals surface area contributed by atoms with Gasteiger partial charge in [0, 0.05) is 30.6 Å². The highest BCUT2D eigenvalue weighted by atomic mass is 32.1. The van der Waals surface area contributed by atoms with Crippen molar-refractivity contribution in [2.24, 2.45) is 5.92 Å². The number of thiazole rings is 1. The van der Waals surface area contributed by atoms with Crippen molar-refractivity contribution in [2.75, 3.05) is 18.5 Å². The Labute approximate surface area is 147 Å². The Balaban J connectivity index is 1.36. The van der Waals surface area contributed by atoms with E-state index in [1.165, 1.54) is 17.0 Å². The summed E-state index contributed by atoms with van der Waals surface area (Å²) in [5.41, 5.74) is 2.00. The molecule has 8 heteroatoms. The SMILES string of the molecule is O=C(Nc1nc2cc3c(cc2s1)OCCO3)C1CCc2cncn2C1. The standard InChI is InChI=1S/C17H16N4O3S/c22-16(10-1-2-11-7-18-9-21(11)8-10)20-17-19-12-5-13-14(6-15(12)25-17)24-4-3-23-13/h5-7,9-10H,1-4,8H2,(H,19,20,22). The summed E-state index contributed by atoms with van der Waals surface area (Å²) < 4.78 is 14.2. The van der Waals surface area contributed by atoms with Crippen LogP contribution in [0.25, 0.3) is 10.2 Å². The third-order valence-corrected chi connectivity index (χ3v) is 5.55. The minimum atomic E-state index is -0.0615. The lowest BCUT2D eigenvalue weighted by atomic mass is 9.97. The molecule has 0 fully saturated rings. The third kappa shape index (κ3) is 2.62. The second-order valence-electron chi connectivity index (χ2n) is 6.24. The summed E-state index contributed by atoms with van der Waals surface area (Å²) in [6, 6.07) is 3.80. The molecule has 1 N–H and O–H groups in total. The number of hydrogen-bond donors (Lipinski definition) is 1. The van der Waals surface area contributed by atoms with E-state index in [1.54, 1.807) is 6.33 Å². The summed E-state index contributed by atoms with van der Waals surface area (Å²) in [4.78, 5) is 21.3. The maximum absolute atomic E-state index is 12.6. The van der Waals surface area contributed by atoms with Gasteiger partial charge in [-0.2, -0.15) is 0 Å². The first-order valence-electron chi connectivity index (χ1n) is 8.26. The molecule has 0 bridgehead atoms. The Bertz CT molecular complexity index is 921. The van der Waals surface area contributed by atoms with Crippen molar-refractivity contribution in [3.63, 3.8) is 0 Å². The van der Waals surface area contributed by atoms with Gasteiger partial charge in [-0.3, -0.25) is 4.79 Å². The number of aromatic nitrogens is 3. The van der Waals surface area contributed by atoms with Gasteiger partial charge in [-0.05, 0) is 12.8 Å². The number of nitrogens with zero attached hydrogens (tertiary/aromatic N) is 3. The molecule has 4 heterocycles. The van der Waals surface area contributed by atoms with Crippen molar-refractivity contribution >= 4 is 32.6 Å². The molecule has 0 radical (unpaired) electrons. The number of carbonyl (C=O) groups excluding carboxylic acids is 1. The molecule has 3 aromatic rings. The van der Waals surface area contributed by atoms with Crippen LogP contribution in [0, 0.1) is 5.92 Å². The smallest absolute Gasteiger partial charge is 0.231 e. The van der Waals surface area contributed by atoms with E-state index in [2.05, 4.69) is 19.9 Å². The lowest BCUT2D eigenvalue weighted by Crippen LogP contribution is -2.30. The first kappa shape index (κ1) is 14.7. The predicted molar refractivity (Wildman–Crippen MR) is 93.3 cm³/mol. The molecular weight excluding hydrogens is 340 g/mol. The molecule has 7 nitrogen and oxygen atoms in total. The molecule has 0 saturated carbocycles. The van der Waals surface area contributed by atoms with Gasteiger partial charge in [0.15, 0.2) is 16.6 Å². The van der Waals surface area contributed by atoms with Crippen molar-refractivity contribution in [3.05, 3.63) is 30.4 Å². The van der Waals surface area contributed by atoms with Crippen LogP contribution in [0.2, 0.25) is 0 Å². The molecule has 0 aliphatic carbocycles. The molecule has 1 amide bonds. The first-order valence-corrected chi connectivity index (χ1v) is 9.08. The lowest BCUT2D eigenvalue weighted by Gasteiger charge is -2.22. The molecule has 25 heavy (non-hydrogen) atoms. The van der Waals surface area contributed by atoms with E-state index < -0.39 is 0 Å². The zero-order chi connectivity index (χ0) is 16.8. The highest BCUT2D eigenvalue weighted by Crippen LogP contribution is 2.38. The molecule has 1 aromatic carbocycles.